The number of carbonyl (C=O) groups excluding carboxylic acids is 1. The van der Waals surface area contributed by atoms with Crippen LogP contribution in [0.15, 0.2) is 54.6 Å². The molecule has 0 aromatic heterocycles. The van der Waals surface area contributed by atoms with Crippen molar-refractivity contribution in [2.45, 2.75) is 14.4 Å². The summed E-state index contributed by atoms with van der Waals surface area (Å²) in [5.41, 5.74) is 8.37. The van der Waals surface area contributed by atoms with Crippen molar-refractivity contribution >= 4 is 23.8 Å². The first-order valence-electron chi connectivity index (χ1n) is 6.22. The minimum Gasteiger partial charge on any atom is -0.525 e. The summed E-state index contributed by atoms with van der Waals surface area (Å²) >= 11 is 0. The fourth-order valence-electron chi connectivity index (χ4n) is 1.88. The average Bonchev–Trinajstić information content (AvgIpc) is 2.46. The van der Waals surface area contributed by atoms with Crippen molar-refractivity contribution in [2.75, 3.05) is 6.54 Å². The van der Waals surface area contributed by atoms with Gasteiger partial charge in [-0.25, -0.2) is 0 Å². The fraction of sp³-hybridized carbons (Fsp3) is 0.188. The molecule has 0 saturated carbocycles. The maximum atomic E-state index is 11.5. The number of benzene rings is 2. The van der Waals surface area contributed by atoms with Crippen LogP contribution in [-0.4, -0.2) is 19.4 Å². The van der Waals surface area contributed by atoms with Crippen LogP contribution in [0.1, 0.15) is 13.0 Å². The van der Waals surface area contributed by atoms with Crippen LogP contribution in [0.25, 0.3) is 0 Å². The number of aryl methyl sites for hydroxylation is 1. The first kappa shape index (κ1) is 16.0. The van der Waals surface area contributed by atoms with E-state index in [4.69, 9.17) is 10.4 Å². The third kappa shape index (κ3) is 3.97. The zero-order valence-electron chi connectivity index (χ0n) is 10.9. The van der Waals surface area contributed by atoms with E-state index >= 15 is 0 Å². The lowest BCUT2D eigenvalue weighted by atomic mass is 9.55. The zero-order chi connectivity index (χ0) is 13.7. The Morgan fingerprint density at radius 1 is 1.05 bits per heavy atom. The maximum Gasteiger partial charge on any atom is 0.429 e. The molecule has 0 aliphatic carbocycles. The van der Waals surface area contributed by atoms with E-state index in [1.807, 2.05) is 61.5 Å². The van der Waals surface area contributed by atoms with Crippen LogP contribution in [0, 0.1) is 6.92 Å². The van der Waals surface area contributed by atoms with Crippen LogP contribution in [0.3, 0.4) is 0 Å². The monoisotopic (exact) mass is 269 g/mol. The Morgan fingerprint density at radius 3 is 2.15 bits per heavy atom. The van der Waals surface area contributed by atoms with Gasteiger partial charge in [0.1, 0.15) is 0 Å². The summed E-state index contributed by atoms with van der Waals surface area (Å²) in [7, 11) is 0. The van der Waals surface area contributed by atoms with Gasteiger partial charge in [-0.1, -0.05) is 67.6 Å². The molecule has 0 atom stereocenters. The van der Waals surface area contributed by atoms with Crippen molar-refractivity contribution in [3.8, 4) is 0 Å². The normalized spacial score (nSPS) is 9.50. The second-order valence-corrected chi connectivity index (χ2v) is 4.40. The summed E-state index contributed by atoms with van der Waals surface area (Å²) in [5.74, 6) is -0.408. The van der Waals surface area contributed by atoms with Gasteiger partial charge >= 0.3 is 12.9 Å². The molecule has 0 aliphatic heterocycles. The second-order valence-electron chi connectivity index (χ2n) is 4.40. The molecule has 0 amide bonds. The summed E-state index contributed by atoms with van der Waals surface area (Å²) < 4.78 is 5.45. The van der Waals surface area contributed by atoms with Gasteiger partial charge in [-0.3, -0.25) is 4.79 Å². The molecule has 20 heavy (non-hydrogen) atoms. The molecule has 0 fully saturated rings. The van der Waals surface area contributed by atoms with E-state index in [0.717, 1.165) is 10.9 Å². The van der Waals surface area contributed by atoms with Gasteiger partial charge in [0, 0.05) is 0 Å². The predicted molar refractivity (Wildman–Crippen MR) is 84.5 cm³/mol. The lowest BCUT2D eigenvalue weighted by Crippen LogP contribution is -2.47. The summed E-state index contributed by atoms with van der Waals surface area (Å²) in [5, 5.41) is 0. The molecule has 2 rings (SSSR count). The smallest absolute Gasteiger partial charge is 0.429 e. The third-order valence-corrected chi connectivity index (χ3v) is 2.90. The van der Waals surface area contributed by atoms with Crippen LogP contribution in [0.2, 0.25) is 0 Å². The maximum absolute atomic E-state index is 11.5. The molecule has 0 bridgehead atoms. The second kappa shape index (κ2) is 7.51. The standard InChI is InChI=1S/C15H16BNO2.CH4/c1-12-7-9-14(10-8-12)16(19-15(18)11-17)13-5-3-2-4-6-13;/h2-10H,11,17H2,1H3;1H4. The lowest BCUT2D eigenvalue weighted by molar-refractivity contribution is -0.132. The topological polar surface area (TPSA) is 52.3 Å². The molecule has 104 valence electrons. The minimum absolute atomic E-state index is 0. The number of hydrogen-bond donors (Lipinski definition) is 1. The van der Waals surface area contributed by atoms with Crippen molar-refractivity contribution in [2.24, 2.45) is 5.73 Å². The molecule has 0 aliphatic rings. The lowest BCUT2D eigenvalue weighted by Gasteiger charge is -2.14. The van der Waals surface area contributed by atoms with Crippen molar-refractivity contribution in [3.05, 3.63) is 60.2 Å². The van der Waals surface area contributed by atoms with Crippen molar-refractivity contribution < 1.29 is 9.45 Å². The van der Waals surface area contributed by atoms with E-state index in [1.54, 1.807) is 0 Å². The van der Waals surface area contributed by atoms with Gasteiger partial charge in [0.2, 0.25) is 0 Å². The van der Waals surface area contributed by atoms with Crippen LogP contribution >= 0.6 is 0 Å². The van der Waals surface area contributed by atoms with Gasteiger partial charge in [0.15, 0.2) is 0 Å². The first-order valence-corrected chi connectivity index (χ1v) is 6.22. The van der Waals surface area contributed by atoms with E-state index in [-0.39, 0.29) is 14.0 Å². The molecule has 2 aromatic carbocycles. The van der Waals surface area contributed by atoms with E-state index in [9.17, 15) is 4.79 Å². The highest BCUT2D eigenvalue weighted by molar-refractivity contribution is 6.81. The van der Waals surface area contributed by atoms with Gasteiger partial charge < -0.3 is 10.4 Å². The van der Waals surface area contributed by atoms with Gasteiger partial charge in [0.05, 0.1) is 6.54 Å². The Morgan fingerprint density at radius 2 is 1.60 bits per heavy atom. The summed E-state index contributed by atoms with van der Waals surface area (Å²) in [6.45, 7) is 1.50. The van der Waals surface area contributed by atoms with Crippen LogP contribution in [-0.2, 0) is 9.45 Å². The summed E-state index contributed by atoms with van der Waals surface area (Å²) in [6.07, 6.45) is 0. The van der Waals surface area contributed by atoms with Crippen LogP contribution in [0.5, 0.6) is 0 Å². The quantitative estimate of drug-likeness (QED) is 0.849. The van der Waals surface area contributed by atoms with Gasteiger partial charge in [-0.15, -0.1) is 0 Å². The molecule has 0 unspecified atom stereocenters. The van der Waals surface area contributed by atoms with E-state index in [2.05, 4.69) is 0 Å². The fourth-order valence-corrected chi connectivity index (χ4v) is 1.88. The van der Waals surface area contributed by atoms with Gasteiger partial charge in [0.25, 0.3) is 0 Å². The Balaban J connectivity index is 0.00000200. The highest BCUT2D eigenvalue weighted by Gasteiger charge is 2.24. The average molecular weight is 269 g/mol. The summed E-state index contributed by atoms with van der Waals surface area (Å²) in [6, 6.07) is 17.6. The molecule has 0 saturated heterocycles. The zero-order valence-corrected chi connectivity index (χ0v) is 10.9. The number of hydrogen-bond acceptors (Lipinski definition) is 3. The molecule has 4 heteroatoms. The van der Waals surface area contributed by atoms with Crippen LogP contribution in [0.4, 0.5) is 0 Å². The van der Waals surface area contributed by atoms with Crippen molar-refractivity contribution in [3.63, 3.8) is 0 Å². The Kier molecular flexibility index (Phi) is 6.00. The number of rotatable bonds is 4. The van der Waals surface area contributed by atoms with E-state index in [1.165, 1.54) is 5.56 Å². The molecule has 3 nitrogen and oxygen atoms in total. The van der Waals surface area contributed by atoms with Crippen LogP contribution < -0.4 is 16.7 Å². The Labute approximate surface area is 120 Å². The Hall–Kier alpha value is -2.07. The largest absolute Gasteiger partial charge is 0.525 e. The van der Waals surface area contributed by atoms with Crippen molar-refractivity contribution in [1.82, 2.24) is 0 Å². The van der Waals surface area contributed by atoms with Crippen molar-refractivity contribution in [1.29, 1.82) is 0 Å². The summed E-state index contributed by atoms with van der Waals surface area (Å²) in [4.78, 5) is 11.5. The SMILES string of the molecule is C.Cc1ccc(B(OC(=O)CN)c2ccccc2)cc1. The molecule has 2 N–H and O–H groups in total. The number of nitrogens with two attached hydrogens (primary N) is 1. The van der Waals surface area contributed by atoms with E-state index < -0.39 is 12.9 Å². The van der Waals surface area contributed by atoms with E-state index in [0.29, 0.717) is 0 Å². The molecular weight excluding hydrogens is 249 g/mol. The molecular formula is C16H20BNO2. The minimum atomic E-state index is -0.408. The Bertz CT molecular complexity index is 540. The first-order chi connectivity index (χ1) is 9.20. The molecule has 0 spiro atoms. The highest BCUT2D eigenvalue weighted by atomic mass is 16.5. The highest BCUT2D eigenvalue weighted by Crippen LogP contribution is 1.98. The third-order valence-electron chi connectivity index (χ3n) is 2.90. The van der Waals surface area contributed by atoms with Gasteiger partial charge in [-0.05, 0) is 17.8 Å². The molecule has 0 heterocycles. The van der Waals surface area contributed by atoms with Gasteiger partial charge in [-0.2, -0.15) is 0 Å². The predicted octanol–water partition coefficient (Wildman–Crippen LogP) is 1.24. The molecule has 2 aromatic rings. The molecule has 0 radical (unpaired) electrons. The number of carbonyl (C=O) groups is 1.